The van der Waals surface area contributed by atoms with E-state index in [0.29, 0.717) is 5.56 Å². The molecular weight excluding hydrogens is 377 g/mol. The van der Waals surface area contributed by atoms with Crippen LogP contribution in [0.15, 0.2) is 48.7 Å². The molecule has 0 spiro atoms. The maximum atomic E-state index is 13.3. The van der Waals surface area contributed by atoms with Crippen LogP contribution < -0.4 is 5.32 Å². The van der Waals surface area contributed by atoms with Gasteiger partial charge in [-0.15, -0.1) is 0 Å². The molecule has 0 saturated carbocycles. The Morgan fingerprint density at radius 1 is 1.14 bits per heavy atom. The van der Waals surface area contributed by atoms with Crippen molar-refractivity contribution in [3.63, 3.8) is 0 Å². The molecule has 1 heterocycles. The number of alkyl halides is 3. The number of benzene rings is 2. The van der Waals surface area contributed by atoms with Gasteiger partial charge in [0.2, 0.25) is 5.91 Å². The minimum absolute atomic E-state index is 0.0423. The first-order valence-corrected chi connectivity index (χ1v) is 9.76. The molecule has 3 aromatic rings. The average molecular weight is 402 g/mol. The van der Waals surface area contributed by atoms with Crippen molar-refractivity contribution in [3.05, 3.63) is 70.9 Å². The van der Waals surface area contributed by atoms with E-state index < -0.39 is 17.7 Å². The summed E-state index contributed by atoms with van der Waals surface area (Å²) in [5.74, 6) is -0.680. The molecule has 0 bridgehead atoms. The summed E-state index contributed by atoms with van der Waals surface area (Å²) < 4.78 is 39.8. The molecule has 2 N–H and O–H groups in total. The van der Waals surface area contributed by atoms with Crippen LogP contribution in [0.2, 0.25) is 0 Å². The van der Waals surface area contributed by atoms with Gasteiger partial charge in [-0.3, -0.25) is 4.79 Å². The number of aromatic nitrogens is 1. The Bertz CT molecular complexity index is 1000. The van der Waals surface area contributed by atoms with Crippen LogP contribution in [0.4, 0.5) is 13.2 Å². The number of halogens is 3. The number of carbonyl (C=O) groups excluding carboxylic acids is 1. The highest BCUT2D eigenvalue weighted by Crippen LogP contribution is 2.37. The summed E-state index contributed by atoms with van der Waals surface area (Å²) in [5, 5.41) is 3.78. The van der Waals surface area contributed by atoms with Crippen molar-refractivity contribution in [3.8, 4) is 0 Å². The number of carbonyl (C=O) groups is 1. The summed E-state index contributed by atoms with van der Waals surface area (Å²) >= 11 is 0. The van der Waals surface area contributed by atoms with E-state index in [1.807, 2.05) is 38.2 Å². The van der Waals surface area contributed by atoms with Crippen LogP contribution in [0.5, 0.6) is 0 Å². The molecule has 154 valence electrons. The van der Waals surface area contributed by atoms with E-state index in [4.69, 9.17) is 0 Å². The fraction of sp³-hybridized carbons (Fsp3) is 0.348. The molecule has 0 radical (unpaired) electrons. The lowest BCUT2D eigenvalue weighted by Gasteiger charge is -2.19. The highest BCUT2D eigenvalue weighted by Gasteiger charge is 2.32. The van der Waals surface area contributed by atoms with Gasteiger partial charge in [-0.25, -0.2) is 0 Å². The number of nitrogens with one attached hydrogen (secondary N) is 2. The SMILES string of the molecule is CCc1cccc2c([C@H](CC(=O)NC(C)C)c3cccc(C(F)(F)F)c3)c[nH]c12. The lowest BCUT2D eigenvalue weighted by molar-refractivity contribution is -0.137. The summed E-state index contributed by atoms with van der Waals surface area (Å²) in [4.78, 5) is 15.8. The van der Waals surface area contributed by atoms with Gasteiger partial charge < -0.3 is 10.3 Å². The van der Waals surface area contributed by atoms with E-state index in [9.17, 15) is 18.0 Å². The van der Waals surface area contributed by atoms with Crippen molar-refractivity contribution in [2.75, 3.05) is 0 Å². The monoisotopic (exact) mass is 402 g/mol. The number of aromatic amines is 1. The molecule has 0 saturated heterocycles. The molecule has 3 rings (SSSR count). The molecule has 0 aliphatic heterocycles. The molecule has 0 unspecified atom stereocenters. The Balaban J connectivity index is 2.11. The Labute approximate surface area is 168 Å². The lowest BCUT2D eigenvalue weighted by atomic mass is 9.86. The van der Waals surface area contributed by atoms with Gasteiger partial charge in [0.15, 0.2) is 0 Å². The number of hydrogen-bond acceptors (Lipinski definition) is 1. The standard InChI is InChI=1S/C23H25F3N2O/c1-4-15-7-6-10-18-20(13-27-22(15)18)19(12-21(29)28-14(2)3)16-8-5-9-17(11-16)23(24,25)26/h5-11,13-14,19,27H,4,12H2,1-3H3,(H,28,29)/t19-/m1/s1. The number of aryl methyl sites for hydroxylation is 1. The molecule has 1 aromatic heterocycles. The van der Waals surface area contributed by atoms with Gasteiger partial charge in [0.05, 0.1) is 5.56 Å². The largest absolute Gasteiger partial charge is 0.416 e. The molecule has 0 aliphatic rings. The van der Waals surface area contributed by atoms with E-state index >= 15 is 0 Å². The van der Waals surface area contributed by atoms with E-state index in [2.05, 4.69) is 17.2 Å². The van der Waals surface area contributed by atoms with Gasteiger partial charge in [0.25, 0.3) is 0 Å². The zero-order chi connectivity index (χ0) is 21.2. The summed E-state index contributed by atoms with van der Waals surface area (Å²) in [6, 6.07) is 11.1. The van der Waals surface area contributed by atoms with Gasteiger partial charge in [-0.05, 0) is 43.0 Å². The predicted octanol–water partition coefficient (Wildman–Crippen LogP) is 5.80. The molecular formula is C23H25F3N2O. The summed E-state index contributed by atoms with van der Waals surface area (Å²) in [6.45, 7) is 5.77. The molecule has 6 heteroatoms. The molecule has 0 aliphatic carbocycles. The zero-order valence-electron chi connectivity index (χ0n) is 16.7. The van der Waals surface area contributed by atoms with Crippen LogP contribution >= 0.6 is 0 Å². The quantitative estimate of drug-likeness (QED) is 0.538. The van der Waals surface area contributed by atoms with Crippen molar-refractivity contribution >= 4 is 16.8 Å². The van der Waals surface area contributed by atoms with Gasteiger partial charge in [0.1, 0.15) is 0 Å². The van der Waals surface area contributed by atoms with E-state index in [1.54, 1.807) is 6.07 Å². The summed E-state index contributed by atoms with van der Waals surface area (Å²) in [5.41, 5.74) is 2.68. The summed E-state index contributed by atoms with van der Waals surface area (Å²) in [6.07, 6.45) is -1.71. The van der Waals surface area contributed by atoms with Crippen LogP contribution in [0, 0.1) is 0 Å². The maximum absolute atomic E-state index is 13.3. The molecule has 2 aromatic carbocycles. The third kappa shape index (κ3) is 4.63. The second-order valence-corrected chi connectivity index (χ2v) is 7.54. The normalized spacial score (nSPS) is 13.1. The minimum atomic E-state index is -4.43. The first kappa shape index (κ1) is 21.0. The molecule has 1 atom stereocenters. The van der Waals surface area contributed by atoms with Crippen LogP contribution in [0.3, 0.4) is 0 Å². The third-order valence-electron chi connectivity index (χ3n) is 5.05. The topological polar surface area (TPSA) is 44.9 Å². The van der Waals surface area contributed by atoms with Crippen molar-refractivity contribution in [2.24, 2.45) is 0 Å². The number of rotatable bonds is 6. The van der Waals surface area contributed by atoms with E-state index in [1.165, 1.54) is 6.07 Å². The van der Waals surface area contributed by atoms with Gasteiger partial charge in [-0.1, -0.05) is 43.3 Å². The third-order valence-corrected chi connectivity index (χ3v) is 5.05. The molecule has 1 amide bonds. The number of hydrogen-bond donors (Lipinski definition) is 2. The van der Waals surface area contributed by atoms with Crippen LogP contribution in [-0.2, 0) is 17.4 Å². The molecule has 3 nitrogen and oxygen atoms in total. The zero-order valence-corrected chi connectivity index (χ0v) is 16.7. The molecule has 29 heavy (non-hydrogen) atoms. The Morgan fingerprint density at radius 2 is 1.86 bits per heavy atom. The maximum Gasteiger partial charge on any atom is 0.416 e. The summed E-state index contributed by atoms with van der Waals surface area (Å²) in [7, 11) is 0. The van der Waals surface area contributed by atoms with Crippen molar-refractivity contribution in [2.45, 2.75) is 51.7 Å². The first-order valence-electron chi connectivity index (χ1n) is 9.76. The number of amides is 1. The van der Waals surface area contributed by atoms with E-state index in [0.717, 1.165) is 40.6 Å². The Morgan fingerprint density at radius 3 is 2.52 bits per heavy atom. The second-order valence-electron chi connectivity index (χ2n) is 7.54. The second kappa shape index (κ2) is 8.31. The van der Waals surface area contributed by atoms with Crippen LogP contribution in [0.1, 0.15) is 55.4 Å². The van der Waals surface area contributed by atoms with E-state index in [-0.39, 0.29) is 18.4 Å². The van der Waals surface area contributed by atoms with Crippen LogP contribution in [0.25, 0.3) is 10.9 Å². The Kier molecular flexibility index (Phi) is 6.01. The fourth-order valence-corrected chi connectivity index (χ4v) is 3.73. The smallest absolute Gasteiger partial charge is 0.361 e. The highest BCUT2D eigenvalue weighted by molar-refractivity contribution is 5.88. The van der Waals surface area contributed by atoms with Crippen molar-refractivity contribution in [1.82, 2.24) is 10.3 Å². The number of para-hydroxylation sites is 1. The van der Waals surface area contributed by atoms with Gasteiger partial charge in [0, 0.05) is 35.5 Å². The van der Waals surface area contributed by atoms with Crippen LogP contribution in [-0.4, -0.2) is 16.9 Å². The number of H-pyrrole nitrogens is 1. The predicted molar refractivity (Wildman–Crippen MR) is 109 cm³/mol. The number of fused-ring (bicyclic) bond motifs is 1. The van der Waals surface area contributed by atoms with Crippen molar-refractivity contribution < 1.29 is 18.0 Å². The minimum Gasteiger partial charge on any atom is -0.361 e. The fourth-order valence-electron chi connectivity index (χ4n) is 3.73. The molecule has 0 fully saturated rings. The van der Waals surface area contributed by atoms with Crippen molar-refractivity contribution in [1.29, 1.82) is 0 Å². The highest BCUT2D eigenvalue weighted by atomic mass is 19.4. The average Bonchev–Trinajstić information content (AvgIpc) is 3.09. The lowest BCUT2D eigenvalue weighted by Crippen LogP contribution is -2.31. The Hall–Kier alpha value is -2.76. The van der Waals surface area contributed by atoms with Gasteiger partial charge in [-0.2, -0.15) is 13.2 Å². The van der Waals surface area contributed by atoms with Gasteiger partial charge >= 0.3 is 6.18 Å². The first-order chi connectivity index (χ1) is 13.7.